The van der Waals surface area contributed by atoms with Crippen LogP contribution in [0.5, 0.6) is 11.6 Å². The average molecular weight is 579 g/mol. The van der Waals surface area contributed by atoms with Crippen molar-refractivity contribution in [2.75, 3.05) is 32.4 Å². The summed E-state index contributed by atoms with van der Waals surface area (Å²) in [6.45, 7) is 4.05. The number of hydrogen-bond acceptors (Lipinski definition) is 7. The van der Waals surface area contributed by atoms with E-state index in [0.29, 0.717) is 53.1 Å². The third-order valence-corrected chi connectivity index (χ3v) is 9.56. The lowest BCUT2D eigenvalue weighted by atomic mass is 9.90. The van der Waals surface area contributed by atoms with Crippen molar-refractivity contribution in [1.29, 1.82) is 0 Å². The van der Waals surface area contributed by atoms with E-state index >= 15 is 0 Å². The van der Waals surface area contributed by atoms with Crippen LogP contribution in [-0.2, 0) is 23.1 Å². The second kappa shape index (κ2) is 9.30. The molecule has 2 aromatic heterocycles. The molecule has 2 saturated heterocycles. The van der Waals surface area contributed by atoms with Gasteiger partial charge in [-0.05, 0) is 71.1 Å². The second-order valence-corrected chi connectivity index (χ2v) is 13.1. The van der Waals surface area contributed by atoms with Gasteiger partial charge in [0, 0.05) is 44.8 Å². The molecule has 0 bridgehead atoms. The first kappa shape index (κ1) is 24.2. The van der Waals surface area contributed by atoms with Gasteiger partial charge in [0.1, 0.15) is 17.1 Å². The molecule has 1 saturated carbocycles. The number of rotatable bonds is 7. The van der Waals surface area contributed by atoms with E-state index in [0.717, 1.165) is 43.3 Å². The number of aromatic nitrogens is 4. The molecule has 6 rings (SSSR count). The first-order chi connectivity index (χ1) is 17.2. The Kier molecular flexibility index (Phi) is 6.25. The maximum absolute atomic E-state index is 14.2. The zero-order valence-corrected chi connectivity index (χ0v) is 22.4. The number of pyridine rings is 1. The Labute approximate surface area is 217 Å². The topological polar surface area (TPSA) is 93.5 Å². The molecular weight excluding hydrogens is 551 g/mol. The van der Waals surface area contributed by atoms with Crippen LogP contribution in [0.4, 0.5) is 4.39 Å². The Morgan fingerprint density at radius 2 is 1.97 bits per heavy atom. The fourth-order valence-corrected chi connectivity index (χ4v) is 6.82. The molecule has 192 valence electrons. The first-order valence-corrected chi connectivity index (χ1v) is 14.9. The Hall–Kier alpha value is -2.15. The van der Waals surface area contributed by atoms with Gasteiger partial charge < -0.3 is 4.74 Å². The van der Waals surface area contributed by atoms with Crippen molar-refractivity contribution in [3.63, 3.8) is 0 Å². The smallest absolute Gasteiger partial charge is 0.223 e. The highest BCUT2D eigenvalue weighted by Crippen LogP contribution is 2.38. The van der Waals surface area contributed by atoms with Crippen molar-refractivity contribution in [2.24, 2.45) is 17.8 Å². The van der Waals surface area contributed by atoms with Crippen LogP contribution in [0, 0.1) is 23.6 Å². The SMILES string of the molecule is CS(=O)(=O)N1CCC2CN(Cc3cc(F)cnc3Oc3ccc4c(nnn4CC4CC4)c3Br)CC2C1. The fraction of sp³-hybridized carbons (Fsp3) is 0.542. The molecular formula is C24H28BrFN6O3S. The number of ether oxygens (including phenoxy) is 1. The Morgan fingerprint density at radius 3 is 2.75 bits per heavy atom. The molecule has 3 fully saturated rings. The molecule has 2 unspecified atom stereocenters. The molecule has 1 aliphatic carbocycles. The van der Waals surface area contributed by atoms with Gasteiger partial charge in [-0.25, -0.2) is 26.8 Å². The van der Waals surface area contributed by atoms with Gasteiger partial charge in [-0.2, -0.15) is 0 Å². The fourth-order valence-electron chi connectivity index (χ4n) is 5.43. The molecule has 4 heterocycles. The number of halogens is 2. The van der Waals surface area contributed by atoms with Crippen LogP contribution < -0.4 is 4.74 Å². The van der Waals surface area contributed by atoms with E-state index in [-0.39, 0.29) is 5.92 Å². The van der Waals surface area contributed by atoms with Gasteiger partial charge in [0.25, 0.3) is 0 Å². The minimum Gasteiger partial charge on any atom is -0.437 e. The monoisotopic (exact) mass is 578 g/mol. The number of nitrogens with zero attached hydrogens (tertiary/aromatic N) is 6. The van der Waals surface area contributed by atoms with E-state index in [4.69, 9.17) is 4.74 Å². The van der Waals surface area contributed by atoms with Crippen molar-refractivity contribution in [3.8, 4) is 11.6 Å². The average Bonchev–Trinajstić information content (AvgIpc) is 3.40. The first-order valence-electron chi connectivity index (χ1n) is 12.3. The summed E-state index contributed by atoms with van der Waals surface area (Å²) in [6.07, 6.45) is 5.73. The predicted octanol–water partition coefficient (Wildman–Crippen LogP) is 3.64. The van der Waals surface area contributed by atoms with E-state index in [2.05, 4.69) is 36.1 Å². The molecule has 36 heavy (non-hydrogen) atoms. The standard InChI is InChI=1S/C24H28BrFN6O3S/c1-36(33,34)31-7-6-16-11-30(13-18(16)14-31)12-17-8-19(26)9-27-24(17)35-21-5-4-20-23(22(21)25)28-29-32(20)10-15-2-3-15/h4-5,8-9,15-16,18H,2-3,6-7,10-14H2,1H3. The van der Waals surface area contributed by atoms with Crippen molar-refractivity contribution < 1.29 is 17.5 Å². The van der Waals surface area contributed by atoms with Crippen molar-refractivity contribution in [3.05, 3.63) is 40.2 Å². The number of likely N-dealkylation sites (tertiary alicyclic amines) is 1. The zero-order valence-electron chi connectivity index (χ0n) is 20.0. The number of sulfonamides is 1. The minimum absolute atomic E-state index is 0.272. The molecule has 2 atom stereocenters. The van der Waals surface area contributed by atoms with Crippen LogP contribution in [0.25, 0.3) is 11.0 Å². The lowest BCUT2D eigenvalue weighted by molar-refractivity contribution is 0.229. The Morgan fingerprint density at radius 1 is 1.17 bits per heavy atom. The summed E-state index contributed by atoms with van der Waals surface area (Å²) in [5.41, 5.74) is 2.31. The highest BCUT2D eigenvalue weighted by atomic mass is 79.9. The summed E-state index contributed by atoms with van der Waals surface area (Å²) in [4.78, 5) is 6.49. The van der Waals surface area contributed by atoms with Gasteiger partial charge in [-0.15, -0.1) is 5.10 Å². The summed E-state index contributed by atoms with van der Waals surface area (Å²) in [6, 6.07) is 5.27. The van der Waals surface area contributed by atoms with E-state index in [9.17, 15) is 12.8 Å². The van der Waals surface area contributed by atoms with Crippen LogP contribution in [0.1, 0.15) is 24.8 Å². The highest BCUT2D eigenvalue weighted by molar-refractivity contribution is 9.10. The third-order valence-electron chi connectivity index (χ3n) is 7.52. The molecule has 3 aromatic rings. The summed E-state index contributed by atoms with van der Waals surface area (Å²) < 4.78 is 48.6. The molecule has 0 N–H and O–H groups in total. The summed E-state index contributed by atoms with van der Waals surface area (Å²) >= 11 is 3.62. The maximum Gasteiger partial charge on any atom is 0.223 e. The number of benzene rings is 1. The number of fused-ring (bicyclic) bond motifs is 2. The number of hydrogen-bond donors (Lipinski definition) is 0. The van der Waals surface area contributed by atoms with E-state index in [1.165, 1.54) is 25.2 Å². The summed E-state index contributed by atoms with van der Waals surface area (Å²) in [5.74, 6) is 1.85. The quantitative estimate of drug-likeness (QED) is 0.422. The Bertz CT molecular complexity index is 1410. The third kappa shape index (κ3) is 4.88. The van der Waals surface area contributed by atoms with Crippen LogP contribution in [0.15, 0.2) is 28.9 Å². The second-order valence-electron chi connectivity index (χ2n) is 10.3. The van der Waals surface area contributed by atoms with Gasteiger partial charge in [0.15, 0.2) is 0 Å². The summed E-state index contributed by atoms with van der Waals surface area (Å²) in [5, 5.41) is 8.64. The van der Waals surface area contributed by atoms with Crippen molar-refractivity contribution in [2.45, 2.75) is 32.4 Å². The van der Waals surface area contributed by atoms with E-state index in [1.807, 2.05) is 16.8 Å². The van der Waals surface area contributed by atoms with Gasteiger partial charge >= 0.3 is 0 Å². The lowest BCUT2D eigenvalue weighted by Gasteiger charge is -2.32. The van der Waals surface area contributed by atoms with E-state index in [1.54, 1.807) is 4.31 Å². The molecule has 2 aliphatic heterocycles. The van der Waals surface area contributed by atoms with Gasteiger partial charge in [0.05, 0.1) is 22.4 Å². The largest absolute Gasteiger partial charge is 0.437 e. The number of piperidine rings is 1. The zero-order chi connectivity index (χ0) is 25.0. The maximum atomic E-state index is 14.2. The molecule has 0 radical (unpaired) electrons. The van der Waals surface area contributed by atoms with Gasteiger partial charge in [0.2, 0.25) is 15.9 Å². The van der Waals surface area contributed by atoms with Crippen LogP contribution in [0.3, 0.4) is 0 Å². The molecule has 0 spiro atoms. The Balaban J connectivity index is 1.20. The van der Waals surface area contributed by atoms with Crippen LogP contribution in [-0.4, -0.2) is 70.0 Å². The minimum atomic E-state index is -3.19. The van der Waals surface area contributed by atoms with Crippen LogP contribution >= 0.6 is 15.9 Å². The van der Waals surface area contributed by atoms with Crippen LogP contribution in [0.2, 0.25) is 0 Å². The lowest BCUT2D eigenvalue weighted by Crippen LogP contribution is -2.42. The summed E-state index contributed by atoms with van der Waals surface area (Å²) in [7, 11) is -3.19. The van der Waals surface area contributed by atoms with E-state index < -0.39 is 15.8 Å². The molecule has 9 nitrogen and oxygen atoms in total. The van der Waals surface area contributed by atoms with Gasteiger partial charge in [-0.3, -0.25) is 4.90 Å². The van der Waals surface area contributed by atoms with Crippen molar-refractivity contribution in [1.82, 2.24) is 29.2 Å². The predicted molar refractivity (Wildman–Crippen MR) is 136 cm³/mol. The van der Waals surface area contributed by atoms with Crippen molar-refractivity contribution >= 4 is 37.0 Å². The molecule has 1 aromatic carbocycles. The highest BCUT2D eigenvalue weighted by Gasteiger charge is 2.39. The molecule has 12 heteroatoms. The normalized spacial score (nSPS) is 23.3. The molecule has 3 aliphatic rings. The molecule has 0 amide bonds. The van der Waals surface area contributed by atoms with Gasteiger partial charge in [-0.1, -0.05) is 5.21 Å².